The van der Waals surface area contributed by atoms with Crippen LogP contribution < -0.4 is 5.73 Å². The van der Waals surface area contributed by atoms with Gasteiger partial charge in [-0.3, -0.25) is 0 Å². The molecule has 0 aromatic carbocycles. The van der Waals surface area contributed by atoms with Gasteiger partial charge in [-0.2, -0.15) is 0 Å². The lowest BCUT2D eigenvalue weighted by molar-refractivity contribution is 0.312. The van der Waals surface area contributed by atoms with E-state index in [-0.39, 0.29) is 5.54 Å². The average molecular weight is 350 g/mol. The van der Waals surface area contributed by atoms with Crippen molar-refractivity contribution >= 4 is 0 Å². The first-order valence-corrected chi connectivity index (χ1v) is 11.0. The molecule has 0 amide bonds. The predicted octanol–water partition coefficient (Wildman–Crippen LogP) is 7.95. The summed E-state index contributed by atoms with van der Waals surface area (Å²) in [5, 5.41) is 0. The van der Waals surface area contributed by atoms with E-state index in [1.54, 1.807) is 5.57 Å². The van der Waals surface area contributed by atoms with Gasteiger partial charge in [-0.25, -0.2) is 0 Å². The van der Waals surface area contributed by atoms with E-state index < -0.39 is 0 Å². The molecule has 0 saturated heterocycles. The molecule has 1 heteroatoms. The minimum atomic E-state index is 0.0436. The van der Waals surface area contributed by atoms with E-state index in [4.69, 9.17) is 5.73 Å². The van der Waals surface area contributed by atoms with Crippen molar-refractivity contribution in [2.45, 2.75) is 123 Å². The molecular formula is C24H47N. The van der Waals surface area contributed by atoms with Crippen LogP contribution in [0.5, 0.6) is 0 Å². The summed E-state index contributed by atoms with van der Waals surface area (Å²) in [5.74, 6) is 0.827. The van der Waals surface area contributed by atoms with Gasteiger partial charge in [0.2, 0.25) is 0 Å². The highest BCUT2D eigenvalue weighted by atomic mass is 14.7. The van der Waals surface area contributed by atoms with Crippen molar-refractivity contribution in [3.8, 4) is 0 Å². The lowest BCUT2D eigenvalue weighted by Gasteiger charge is -2.29. The van der Waals surface area contributed by atoms with Gasteiger partial charge in [0.1, 0.15) is 0 Å². The number of rotatable bonds is 17. The maximum Gasteiger partial charge on any atom is 0.0154 e. The van der Waals surface area contributed by atoms with Gasteiger partial charge in [0, 0.05) is 5.54 Å². The molecule has 0 aliphatic carbocycles. The predicted molar refractivity (Wildman–Crippen MR) is 116 cm³/mol. The van der Waals surface area contributed by atoms with Crippen molar-refractivity contribution in [2.24, 2.45) is 11.7 Å². The van der Waals surface area contributed by atoms with E-state index in [9.17, 15) is 0 Å². The third kappa shape index (κ3) is 14.3. The number of hydrogen-bond donors (Lipinski definition) is 1. The second-order valence-electron chi connectivity index (χ2n) is 8.33. The number of unbranched alkanes of at least 4 members (excludes halogenated alkanes) is 5. The molecule has 0 radical (unpaired) electrons. The van der Waals surface area contributed by atoms with Crippen LogP contribution in [-0.2, 0) is 0 Å². The van der Waals surface area contributed by atoms with E-state index in [1.165, 1.54) is 70.6 Å². The maximum absolute atomic E-state index is 6.69. The topological polar surface area (TPSA) is 26.0 Å². The zero-order valence-electron chi connectivity index (χ0n) is 17.9. The van der Waals surface area contributed by atoms with Crippen LogP contribution in [0, 0.1) is 5.92 Å². The molecule has 0 spiro atoms. The molecule has 2 unspecified atom stereocenters. The fourth-order valence-corrected chi connectivity index (χ4v) is 3.46. The van der Waals surface area contributed by atoms with E-state index >= 15 is 0 Å². The largest absolute Gasteiger partial charge is 0.325 e. The van der Waals surface area contributed by atoms with Crippen LogP contribution in [0.15, 0.2) is 24.3 Å². The van der Waals surface area contributed by atoms with Crippen LogP contribution >= 0.6 is 0 Å². The Morgan fingerprint density at radius 3 is 2.36 bits per heavy atom. The number of hydrogen-bond acceptors (Lipinski definition) is 1. The number of nitrogens with two attached hydrogens (primary N) is 1. The standard InChI is InChI=1S/C24H47N/c1-6-9-11-12-13-14-17-22(4)18-15-20-24(25,8-3)21-19-23(5)16-10-7-2/h6,18,23H,1,7-17,19-21,25H2,2-5H3. The summed E-state index contributed by atoms with van der Waals surface area (Å²) in [7, 11) is 0. The summed E-state index contributed by atoms with van der Waals surface area (Å²) in [5.41, 5.74) is 8.29. The Hall–Kier alpha value is -0.560. The molecule has 0 fully saturated rings. The zero-order chi connectivity index (χ0) is 19.0. The first-order chi connectivity index (χ1) is 12.0. The van der Waals surface area contributed by atoms with Gasteiger partial charge < -0.3 is 5.73 Å². The molecule has 0 aromatic heterocycles. The van der Waals surface area contributed by atoms with E-state index in [0.717, 1.165) is 25.2 Å². The highest BCUT2D eigenvalue weighted by Crippen LogP contribution is 2.25. The van der Waals surface area contributed by atoms with Crippen molar-refractivity contribution < 1.29 is 0 Å². The molecule has 2 N–H and O–H groups in total. The Morgan fingerprint density at radius 1 is 1.00 bits per heavy atom. The van der Waals surface area contributed by atoms with Gasteiger partial charge in [0.25, 0.3) is 0 Å². The van der Waals surface area contributed by atoms with Gasteiger partial charge >= 0.3 is 0 Å². The first kappa shape index (κ1) is 24.4. The van der Waals surface area contributed by atoms with Crippen LogP contribution in [0.2, 0.25) is 0 Å². The monoisotopic (exact) mass is 349 g/mol. The summed E-state index contributed by atoms with van der Waals surface area (Å²) in [6, 6.07) is 0. The quantitative estimate of drug-likeness (QED) is 0.209. The van der Waals surface area contributed by atoms with E-state index in [1.807, 2.05) is 6.08 Å². The molecule has 0 aromatic rings. The zero-order valence-corrected chi connectivity index (χ0v) is 17.9. The molecule has 0 saturated carbocycles. The maximum atomic E-state index is 6.69. The Bertz CT molecular complexity index is 344. The van der Waals surface area contributed by atoms with Crippen molar-refractivity contribution in [1.82, 2.24) is 0 Å². The van der Waals surface area contributed by atoms with E-state index in [2.05, 4.69) is 40.3 Å². The number of allylic oxidation sites excluding steroid dienone is 3. The molecular weight excluding hydrogens is 302 g/mol. The van der Waals surface area contributed by atoms with Crippen molar-refractivity contribution in [3.63, 3.8) is 0 Å². The molecule has 148 valence electrons. The Kier molecular flexibility index (Phi) is 15.3. The first-order valence-electron chi connectivity index (χ1n) is 11.0. The second kappa shape index (κ2) is 15.7. The van der Waals surface area contributed by atoms with Gasteiger partial charge in [0.05, 0.1) is 0 Å². The van der Waals surface area contributed by atoms with Crippen LogP contribution in [0.3, 0.4) is 0 Å². The van der Waals surface area contributed by atoms with Gasteiger partial charge in [0.15, 0.2) is 0 Å². The third-order valence-electron chi connectivity index (χ3n) is 5.75. The second-order valence-corrected chi connectivity index (χ2v) is 8.33. The molecule has 0 heterocycles. The molecule has 25 heavy (non-hydrogen) atoms. The van der Waals surface area contributed by atoms with Crippen LogP contribution in [0.1, 0.15) is 118 Å². The van der Waals surface area contributed by atoms with Crippen molar-refractivity contribution in [1.29, 1.82) is 0 Å². The summed E-state index contributed by atoms with van der Waals surface area (Å²) < 4.78 is 0. The Labute approximate surface area is 159 Å². The van der Waals surface area contributed by atoms with Gasteiger partial charge in [-0.05, 0) is 70.6 Å². The van der Waals surface area contributed by atoms with Gasteiger partial charge in [-0.1, -0.05) is 70.6 Å². The fourth-order valence-electron chi connectivity index (χ4n) is 3.46. The van der Waals surface area contributed by atoms with Crippen LogP contribution in [0.25, 0.3) is 0 Å². The summed E-state index contributed by atoms with van der Waals surface area (Å²) in [6.45, 7) is 13.0. The Balaban J connectivity index is 3.99. The normalized spacial score (nSPS) is 15.8. The summed E-state index contributed by atoms with van der Waals surface area (Å²) in [6.07, 6.45) is 22.1. The minimum absolute atomic E-state index is 0.0436. The fraction of sp³-hybridized carbons (Fsp3) is 0.833. The smallest absolute Gasteiger partial charge is 0.0154 e. The molecule has 0 aliphatic heterocycles. The highest BCUT2D eigenvalue weighted by Gasteiger charge is 2.22. The summed E-state index contributed by atoms with van der Waals surface area (Å²) in [4.78, 5) is 0. The van der Waals surface area contributed by atoms with Crippen LogP contribution in [-0.4, -0.2) is 5.54 Å². The molecule has 0 bridgehead atoms. The molecule has 2 atom stereocenters. The SMILES string of the molecule is C=CCCCCCCC(C)=CCCC(N)(CC)CCC(C)CCCC. The van der Waals surface area contributed by atoms with Crippen molar-refractivity contribution in [3.05, 3.63) is 24.3 Å². The van der Waals surface area contributed by atoms with Crippen LogP contribution in [0.4, 0.5) is 0 Å². The average Bonchev–Trinajstić information content (AvgIpc) is 2.61. The third-order valence-corrected chi connectivity index (χ3v) is 5.75. The molecule has 1 nitrogen and oxygen atoms in total. The Morgan fingerprint density at radius 2 is 1.72 bits per heavy atom. The van der Waals surface area contributed by atoms with Crippen molar-refractivity contribution in [2.75, 3.05) is 0 Å². The minimum Gasteiger partial charge on any atom is -0.325 e. The highest BCUT2D eigenvalue weighted by molar-refractivity contribution is 4.99. The molecule has 0 rings (SSSR count). The lowest BCUT2D eigenvalue weighted by atomic mass is 9.83. The molecule has 0 aliphatic rings. The van der Waals surface area contributed by atoms with Gasteiger partial charge in [-0.15, -0.1) is 6.58 Å². The summed E-state index contributed by atoms with van der Waals surface area (Å²) >= 11 is 0. The lowest BCUT2D eigenvalue weighted by Crippen LogP contribution is -2.39. The van der Waals surface area contributed by atoms with E-state index in [0.29, 0.717) is 0 Å².